The predicted octanol–water partition coefficient (Wildman–Crippen LogP) is 2.11. The number of nitrogens with one attached hydrogen (secondary N) is 2. The zero-order valence-corrected chi connectivity index (χ0v) is 12.3. The summed E-state index contributed by atoms with van der Waals surface area (Å²) in [6, 6.07) is 7.60. The van der Waals surface area contributed by atoms with Crippen LogP contribution in [-0.4, -0.2) is 29.2 Å². The minimum absolute atomic E-state index is 0. The van der Waals surface area contributed by atoms with Gasteiger partial charge in [-0.3, -0.25) is 9.89 Å². The largest absolute Gasteiger partial charge is 0.351 e. The summed E-state index contributed by atoms with van der Waals surface area (Å²) in [5.41, 5.74) is 7.13. The average Bonchev–Trinajstić information content (AvgIpc) is 2.94. The Morgan fingerprint density at radius 1 is 1.29 bits per heavy atom. The molecular formula is C14H18ClFN4O. The van der Waals surface area contributed by atoms with Crippen LogP contribution in [0.25, 0.3) is 11.3 Å². The first-order chi connectivity index (χ1) is 9.70. The number of hydrogen-bond donors (Lipinski definition) is 3. The fraction of sp³-hybridized carbons (Fsp3) is 0.286. The van der Waals surface area contributed by atoms with Crippen molar-refractivity contribution in [3.05, 3.63) is 41.8 Å². The first-order valence-corrected chi connectivity index (χ1v) is 6.50. The van der Waals surface area contributed by atoms with Gasteiger partial charge in [-0.15, -0.1) is 12.4 Å². The summed E-state index contributed by atoms with van der Waals surface area (Å²) >= 11 is 0. The Kier molecular flexibility index (Phi) is 6.84. The molecule has 0 unspecified atom stereocenters. The van der Waals surface area contributed by atoms with Crippen molar-refractivity contribution in [3.8, 4) is 11.3 Å². The van der Waals surface area contributed by atoms with E-state index in [0.717, 1.165) is 18.4 Å². The number of rotatable bonds is 6. The van der Waals surface area contributed by atoms with Gasteiger partial charge in [0.1, 0.15) is 11.5 Å². The van der Waals surface area contributed by atoms with Crippen molar-refractivity contribution >= 4 is 18.3 Å². The maximum Gasteiger partial charge on any atom is 0.269 e. The van der Waals surface area contributed by atoms with Crippen LogP contribution in [0.5, 0.6) is 0 Å². The van der Waals surface area contributed by atoms with E-state index in [2.05, 4.69) is 15.5 Å². The number of aromatic nitrogens is 2. The first-order valence-electron chi connectivity index (χ1n) is 6.50. The van der Waals surface area contributed by atoms with E-state index in [9.17, 15) is 9.18 Å². The van der Waals surface area contributed by atoms with Gasteiger partial charge in [-0.05, 0) is 49.7 Å². The normalized spacial score (nSPS) is 10.0. The molecule has 2 aromatic rings. The third-order valence-corrected chi connectivity index (χ3v) is 2.88. The lowest BCUT2D eigenvalue weighted by Gasteiger charge is -2.01. The van der Waals surface area contributed by atoms with Gasteiger partial charge >= 0.3 is 0 Å². The van der Waals surface area contributed by atoms with E-state index in [1.165, 1.54) is 12.1 Å². The molecule has 0 aliphatic heterocycles. The first kappa shape index (κ1) is 17.1. The number of hydrogen-bond acceptors (Lipinski definition) is 3. The minimum Gasteiger partial charge on any atom is -0.351 e. The molecule has 5 nitrogen and oxygen atoms in total. The SMILES string of the molecule is Cl.NCCCCNC(=O)c1cc(-c2ccc(F)cc2)n[nH]1. The number of carbonyl (C=O) groups is 1. The van der Waals surface area contributed by atoms with Gasteiger partial charge in [0.25, 0.3) is 5.91 Å². The van der Waals surface area contributed by atoms with Gasteiger partial charge in [0, 0.05) is 12.1 Å². The van der Waals surface area contributed by atoms with Crippen LogP contribution >= 0.6 is 12.4 Å². The highest BCUT2D eigenvalue weighted by Gasteiger charge is 2.10. The lowest BCUT2D eigenvalue weighted by atomic mass is 10.1. The van der Waals surface area contributed by atoms with Gasteiger partial charge in [-0.1, -0.05) is 0 Å². The number of H-pyrrole nitrogens is 1. The third kappa shape index (κ3) is 4.84. The molecule has 4 N–H and O–H groups in total. The molecule has 0 aliphatic carbocycles. The number of aromatic amines is 1. The second kappa shape index (κ2) is 8.39. The smallest absolute Gasteiger partial charge is 0.269 e. The highest BCUT2D eigenvalue weighted by atomic mass is 35.5. The number of nitrogens with two attached hydrogens (primary N) is 1. The highest BCUT2D eigenvalue weighted by Crippen LogP contribution is 2.17. The molecule has 0 radical (unpaired) electrons. The maximum absolute atomic E-state index is 12.8. The quantitative estimate of drug-likeness (QED) is 0.714. The molecule has 0 spiro atoms. The maximum atomic E-state index is 12.8. The lowest BCUT2D eigenvalue weighted by Crippen LogP contribution is -2.25. The number of halogens is 2. The predicted molar refractivity (Wildman–Crippen MR) is 81.9 cm³/mol. The van der Waals surface area contributed by atoms with Crippen LogP contribution in [0.4, 0.5) is 4.39 Å². The van der Waals surface area contributed by atoms with Crippen molar-refractivity contribution in [1.82, 2.24) is 15.5 Å². The highest BCUT2D eigenvalue weighted by molar-refractivity contribution is 5.93. The molecule has 0 fully saturated rings. The van der Waals surface area contributed by atoms with E-state index < -0.39 is 0 Å². The Balaban J connectivity index is 0.00000220. The molecule has 0 saturated heterocycles. The Labute approximate surface area is 128 Å². The molecule has 1 amide bonds. The third-order valence-electron chi connectivity index (χ3n) is 2.88. The van der Waals surface area contributed by atoms with Gasteiger partial charge in [-0.2, -0.15) is 5.10 Å². The van der Waals surface area contributed by atoms with E-state index in [0.29, 0.717) is 24.5 Å². The molecular weight excluding hydrogens is 295 g/mol. The molecule has 0 aliphatic rings. The van der Waals surface area contributed by atoms with Crippen molar-refractivity contribution in [2.45, 2.75) is 12.8 Å². The summed E-state index contributed by atoms with van der Waals surface area (Å²) in [6.45, 7) is 1.20. The topological polar surface area (TPSA) is 83.8 Å². The fourth-order valence-corrected chi connectivity index (χ4v) is 1.77. The van der Waals surface area contributed by atoms with E-state index in [1.807, 2.05) is 0 Å². The number of carbonyl (C=O) groups excluding carboxylic acids is 1. The molecule has 0 atom stereocenters. The van der Waals surface area contributed by atoms with Crippen LogP contribution in [0, 0.1) is 5.82 Å². The van der Waals surface area contributed by atoms with Crippen LogP contribution < -0.4 is 11.1 Å². The van der Waals surface area contributed by atoms with Gasteiger partial charge in [0.15, 0.2) is 0 Å². The van der Waals surface area contributed by atoms with Crippen LogP contribution in [0.3, 0.4) is 0 Å². The Hall–Kier alpha value is -1.92. The van der Waals surface area contributed by atoms with Crippen molar-refractivity contribution in [2.24, 2.45) is 5.73 Å². The van der Waals surface area contributed by atoms with Gasteiger partial charge in [0.2, 0.25) is 0 Å². The summed E-state index contributed by atoms with van der Waals surface area (Å²) in [6.07, 6.45) is 1.73. The number of unbranched alkanes of at least 4 members (excludes halogenated alkanes) is 1. The number of amides is 1. The van der Waals surface area contributed by atoms with Crippen molar-refractivity contribution in [1.29, 1.82) is 0 Å². The van der Waals surface area contributed by atoms with Crippen LogP contribution in [-0.2, 0) is 0 Å². The molecule has 1 aromatic heterocycles. The second-order valence-electron chi connectivity index (χ2n) is 4.43. The number of nitrogens with zero attached hydrogens (tertiary/aromatic N) is 1. The van der Waals surface area contributed by atoms with Gasteiger partial charge in [-0.25, -0.2) is 4.39 Å². The molecule has 2 rings (SSSR count). The summed E-state index contributed by atoms with van der Waals surface area (Å²) in [5.74, 6) is -0.509. The van der Waals surface area contributed by atoms with Gasteiger partial charge in [0.05, 0.1) is 5.69 Å². The van der Waals surface area contributed by atoms with Crippen molar-refractivity contribution in [3.63, 3.8) is 0 Å². The minimum atomic E-state index is -0.304. The molecule has 7 heteroatoms. The molecule has 0 saturated carbocycles. The lowest BCUT2D eigenvalue weighted by molar-refractivity contribution is 0.0948. The average molecular weight is 313 g/mol. The van der Waals surface area contributed by atoms with Crippen molar-refractivity contribution < 1.29 is 9.18 Å². The molecule has 114 valence electrons. The van der Waals surface area contributed by atoms with E-state index in [1.54, 1.807) is 18.2 Å². The Morgan fingerprint density at radius 3 is 2.67 bits per heavy atom. The van der Waals surface area contributed by atoms with E-state index >= 15 is 0 Å². The Bertz CT molecular complexity index is 571. The standard InChI is InChI=1S/C14H17FN4O.ClH/c15-11-5-3-10(4-6-11)12-9-13(19-18-12)14(20)17-8-2-1-7-16;/h3-6,9H,1-2,7-8,16H2,(H,17,20)(H,18,19);1H. The van der Waals surface area contributed by atoms with Crippen LogP contribution in [0.15, 0.2) is 30.3 Å². The van der Waals surface area contributed by atoms with Crippen LogP contribution in [0.2, 0.25) is 0 Å². The van der Waals surface area contributed by atoms with Crippen LogP contribution in [0.1, 0.15) is 23.3 Å². The fourth-order valence-electron chi connectivity index (χ4n) is 1.77. The Morgan fingerprint density at radius 2 is 2.00 bits per heavy atom. The summed E-state index contributed by atoms with van der Waals surface area (Å²) in [4.78, 5) is 11.8. The van der Waals surface area contributed by atoms with E-state index in [4.69, 9.17) is 5.73 Å². The summed E-state index contributed by atoms with van der Waals surface area (Å²) in [7, 11) is 0. The monoisotopic (exact) mass is 312 g/mol. The summed E-state index contributed by atoms with van der Waals surface area (Å²) in [5, 5.41) is 9.51. The zero-order chi connectivity index (χ0) is 14.4. The molecule has 0 bridgehead atoms. The second-order valence-corrected chi connectivity index (χ2v) is 4.43. The van der Waals surface area contributed by atoms with Gasteiger partial charge < -0.3 is 11.1 Å². The molecule has 1 aromatic carbocycles. The van der Waals surface area contributed by atoms with Crippen molar-refractivity contribution in [2.75, 3.05) is 13.1 Å². The molecule has 21 heavy (non-hydrogen) atoms. The molecule has 1 heterocycles. The van der Waals surface area contributed by atoms with E-state index in [-0.39, 0.29) is 24.1 Å². The zero-order valence-electron chi connectivity index (χ0n) is 11.4. The number of benzene rings is 1. The summed E-state index contributed by atoms with van der Waals surface area (Å²) < 4.78 is 12.8.